The van der Waals surface area contributed by atoms with E-state index in [1.165, 1.54) is 4.88 Å². The first-order valence-corrected chi connectivity index (χ1v) is 4.24. The molecule has 0 unspecified atom stereocenters. The van der Waals surface area contributed by atoms with E-state index < -0.39 is 0 Å². The molecule has 0 saturated carbocycles. The summed E-state index contributed by atoms with van der Waals surface area (Å²) in [6.45, 7) is 2.01. The zero-order valence-corrected chi connectivity index (χ0v) is 9.37. The van der Waals surface area contributed by atoms with Gasteiger partial charge < -0.3 is 0 Å². The van der Waals surface area contributed by atoms with Crippen molar-refractivity contribution in [2.45, 2.75) is 12.3 Å². The standard InChI is InChI=1S/C5H6BrNS.2ClH/c1-4-7-3-5(2-6)8-4;;/h3H,2H2,1H3;2*1H. The maximum Gasteiger partial charge on any atom is 0.0897 e. The molecule has 0 spiro atoms. The van der Waals surface area contributed by atoms with E-state index in [2.05, 4.69) is 20.9 Å². The molecule has 0 aromatic carbocycles. The maximum absolute atomic E-state index is 4.08. The molecule has 0 aliphatic carbocycles. The first-order valence-electron chi connectivity index (χ1n) is 2.30. The number of aryl methyl sites for hydroxylation is 1. The van der Waals surface area contributed by atoms with Crippen LogP contribution in [0.15, 0.2) is 6.20 Å². The lowest BCUT2D eigenvalue weighted by molar-refractivity contribution is 1.28. The summed E-state index contributed by atoms with van der Waals surface area (Å²) in [7, 11) is 0. The van der Waals surface area contributed by atoms with Crippen LogP contribution in [0.2, 0.25) is 0 Å². The molecular formula is C5H8BrCl2NS. The van der Waals surface area contributed by atoms with Gasteiger partial charge in [-0.3, -0.25) is 0 Å². The van der Waals surface area contributed by atoms with Crippen molar-refractivity contribution >= 4 is 52.1 Å². The van der Waals surface area contributed by atoms with Crippen LogP contribution in [0.3, 0.4) is 0 Å². The number of aromatic nitrogens is 1. The van der Waals surface area contributed by atoms with Gasteiger partial charge in [-0.15, -0.1) is 36.2 Å². The van der Waals surface area contributed by atoms with E-state index in [0.29, 0.717) is 0 Å². The van der Waals surface area contributed by atoms with Crippen LogP contribution in [0.25, 0.3) is 0 Å². The third kappa shape index (κ3) is 3.76. The van der Waals surface area contributed by atoms with Gasteiger partial charge in [0.05, 0.1) is 5.01 Å². The Morgan fingerprint density at radius 3 is 2.40 bits per heavy atom. The highest BCUT2D eigenvalue weighted by atomic mass is 79.9. The molecule has 0 amide bonds. The molecule has 1 rings (SSSR count). The molecule has 0 N–H and O–H groups in total. The predicted molar refractivity (Wildman–Crippen MR) is 54.0 cm³/mol. The molecule has 0 bridgehead atoms. The number of nitrogens with zero attached hydrogens (tertiary/aromatic N) is 1. The van der Waals surface area contributed by atoms with E-state index in [0.717, 1.165) is 10.3 Å². The average molecular weight is 265 g/mol. The molecule has 0 aliphatic rings. The minimum atomic E-state index is 0. The smallest absolute Gasteiger partial charge is 0.0897 e. The number of rotatable bonds is 1. The van der Waals surface area contributed by atoms with Crippen molar-refractivity contribution in [1.29, 1.82) is 0 Å². The van der Waals surface area contributed by atoms with Crippen molar-refractivity contribution in [3.05, 3.63) is 16.1 Å². The average Bonchev–Trinajstić information content (AvgIpc) is 2.14. The second kappa shape index (κ2) is 6.40. The topological polar surface area (TPSA) is 12.9 Å². The quantitative estimate of drug-likeness (QED) is 0.710. The lowest BCUT2D eigenvalue weighted by Crippen LogP contribution is -1.60. The highest BCUT2D eigenvalue weighted by Crippen LogP contribution is 2.13. The van der Waals surface area contributed by atoms with Crippen LogP contribution in [-0.4, -0.2) is 4.98 Å². The Balaban J connectivity index is 0. The second-order valence-corrected chi connectivity index (χ2v) is 3.36. The van der Waals surface area contributed by atoms with E-state index in [4.69, 9.17) is 0 Å². The Bertz CT molecular complexity index is 180. The third-order valence-corrected chi connectivity index (χ3v) is 2.69. The van der Waals surface area contributed by atoms with Crippen LogP contribution in [-0.2, 0) is 5.33 Å². The van der Waals surface area contributed by atoms with Gasteiger partial charge >= 0.3 is 0 Å². The number of alkyl halides is 1. The van der Waals surface area contributed by atoms with Crippen molar-refractivity contribution in [3.63, 3.8) is 0 Å². The fraction of sp³-hybridized carbons (Fsp3) is 0.400. The second-order valence-electron chi connectivity index (χ2n) is 1.48. The Morgan fingerprint density at radius 1 is 1.60 bits per heavy atom. The molecule has 5 heteroatoms. The summed E-state index contributed by atoms with van der Waals surface area (Å²) in [6, 6.07) is 0. The number of halogens is 3. The molecule has 1 aromatic rings. The van der Waals surface area contributed by atoms with Crippen molar-refractivity contribution in [2.24, 2.45) is 0 Å². The van der Waals surface area contributed by atoms with Crippen molar-refractivity contribution in [3.8, 4) is 0 Å². The molecule has 0 saturated heterocycles. The molecule has 0 radical (unpaired) electrons. The molecule has 1 nitrogen and oxygen atoms in total. The molecule has 0 atom stereocenters. The first kappa shape index (κ1) is 13.3. The first-order chi connectivity index (χ1) is 3.83. The molecule has 0 aliphatic heterocycles. The van der Waals surface area contributed by atoms with Gasteiger partial charge in [-0.2, -0.15) is 0 Å². The summed E-state index contributed by atoms with van der Waals surface area (Å²) < 4.78 is 0. The highest BCUT2D eigenvalue weighted by molar-refractivity contribution is 9.08. The summed E-state index contributed by atoms with van der Waals surface area (Å²) in [4.78, 5) is 5.37. The normalized spacial score (nSPS) is 7.80. The van der Waals surface area contributed by atoms with Gasteiger partial charge in [0.25, 0.3) is 0 Å². The Hall–Kier alpha value is 0.690. The number of thiazole rings is 1. The van der Waals surface area contributed by atoms with Gasteiger partial charge in [-0.1, -0.05) is 15.9 Å². The molecule has 1 heterocycles. The van der Waals surface area contributed by atoms with E-state index in [1.807, 2.05) is 13.1 Å². The van der Waals surface area contributed by atoms with Crippen LogP contribution in [0, 0.1) is 6.92 Å². The van der Waals surface area contributed by atoms with Crippen molar-refractivity contribution < 1.29 is 0 Å². The number of hydrogen-bond acceptors (Lipinski definition) is 2. The minimum absolute atomic E-state index is 0. The van der Waals surface area contributed by atoms with Gasteiger partial charge in [-0.05, 0) is 6.92 Å². The zero-order valence-electron chi connectivity index (χ0n) is 5.33. The van der Waals surface area contributed by atoms with E-state index in [1.54, 1.807) is 11.3 Å². The monoisotopic (exact) mass is 263 g/mol. The molecule has 0 fully saturated rings. The van der Waals surface area contributed by atoms with Crippen LogP contribution in [0.4, 0.5) is 0 Å². The van der Waals surface area contributed by atoms with Crippen molar-refractivity contribution in [2.75, 3.05) is 0 Å². The molecular weight excluding hydrogens is 257 g/mol. The lowest BCUT2D eigenvalue weighted by Gasteiger charge is -1.76. The minimum Gasteiger partial charge on any atom is -0.250 e. The van der Waals surface area contributed by atoms with E-state index in [9.17, 15) is 0 Å². The summed E-state index contributed by atoms with van der Waals surface area (Å²) in [6.07, 6.45) is 1.90. The van der Waals surface area contributed by atoms with Crippen LogP contribution < -0.4 is 0 Å². The Labute approximate surface area is 85.2 Å². The summed E-state index contributed by atoms with van der Waals surface area (Å²) in [5.74, 6) is 0. The fourth-order valence-corrected chi connectivity index (χ4v) is 1.60. The fourth-order valence-electron chi connectivity index (χ4n) is 0.467. The highest BCUT2D eigenvalue weighted by Gasteiger charge is 1.92. The van der Waals surface area contributed by atoms with Gasteiger partial charge in [-0.25, -0.2) is 4.98 Å². The lowest BCUT2D eigenvalue weighted by atomic mass is 10.6. The molecule has 60 valence electrons. The SMILES string of the molecule is Cc1ncc(CBr)s1.Cl.Cl. The third-order valence-electron chi connectivity index (χ3n) is 0.801. The Kier molecular flexibility index (Phi) is 8.51. The van der Waals surface area contributed by atoms with Gasteiger partial charge in [0, 0.05) is 16.4 Å². The van der Waals surface area contributed by atoms with Crippen molar-refractivity contribution in [1.82, 2.24) is 4.98 Å². The molecule has 1 aromatic heterocycles. The predicted octanol–water partition coefficient (Wildman–Crippen LogP) is 3.19. The van der Waals surface area contributed by atoms with Crippen LogP contribution >= 0.6 is 52.1 Å². The summed E-state index contributed by atoms with van der Waals surface area (Å²) in [5, 5.41) is 2.07. The Morgan fingerprint density at radius 2 is 2.20 bits per heavy atom. The van der Waals surface area contributed by atoms with E-state index >= 15 is 0 Å². The van der Waals surface area contributed by atoms with Gasteiger partial charge in [0.15, 0.2) is 0 Å². The zero-order chi connectivity index (χ0) is 5.98. The van der Waals surface area contributed by atoms with Gasteiger partial charge in [0.1, 0.15) is 0 Å². The van der Waals surface area contributed by atoms with Crippen LogP contribution in [0.5, 0.6) is 0 Å². The number of hydrogen-bond donors (Lipinski definition) is 0. The largest absolute Gasteiger partial charge is 0.250 e. The van der Waals surface area contributed by atoms with Gasteiger partial charge in [0.2, 0.25) is 0 Å². The maximum atomic E-state index is 4.08. The van der Waals surface area contributed by atoms with Crippen LogP contribution in [0.1, 0.15) is 9.88 Å². The summed E-state index contributed by atoms with van der Waals surface area (Å²) >= 11 is 5.07. The summed E-state index contributed by atoms with van der Waals surface area (Å²) in [5.41, 5.74) is 0. The van der Waals surface area contributed by atoms with E-state index in [-0.39, 0.29) is 24.8 Å². The molecule has 10 heavy (non-hydrogen) atoms.